The topological polar surface area (TPSA) is 105 Å². The van der Waals surface area contributed by atoms with Gasteiger partial charge in [0, 0.05) is 0 Å². The standard InChI is InChI=1S/C26H44O8/c1-11-23(7,8)26(21(30)34-13-3)16-24(14-22(4,5)6,18(27)33-12-2)15-25(17-26,19(28)31-9)20(29)32-10/h11-17H2,1-10H3. The van der Waals surface area contributed by atoms with E-state index in [-0.39, 0.29) is 38.9 Å². The van der Waals surface area contributed by atoms with E-state index in [1.165, 1.54) is 14.2 Å². The molecule has 0 aromatic rings. The molecule has 8 heteroatoms. The molecule has 0 saturated heterocycles. The van der Waals surface area contributed by atoms with Gasteiger partial charge in [-0.1, -0.05) is 41.5 Å². The van der Waals surface area contributed by atoms with Crippen LogP contribution in [0.2, 0.25) is 0 Å². The molecule has 196 valence electrons. The van der Waals surface area contributed by atoms with E-state index in [9.17, 15) is 19.2 Å². The summed E-state index contributed by atoms with van der Waals surface area (Å²) in [6.45, 7) is 15.3. The third-order valence-corrected chi connectivity index (χ3v) is 7.46. The Balaban J connectivity index is 4.16. The molecule has 0 aromatic carbocycles. The van der Waals surface area contributed by atoms with Crippen molar-refractivity contribution in [1.29, 1.82) is 0 Å². The van der Waals surface area contributed by atoms with Crippen molar-refractivity contribution in [3.63, 3.8) is 0 Å². The molecule has 0 N–H and O–H groups in total. The quantitative estimate of drug-likeness (QED) is 0.268. The Labute approximate surface area is 204 Å². The summed E-state index contributed by atoms with van der Waals surface area (Å²) in [5, 5.41) is 0. The van der Waals surface area contributed by atoms with Crippen LogP contribution in [0.1, 0.15) is 87.5 Å². The summed E-state index contributed by atoms with van der Waals surface area (Å²) in [5.74, 6) is -2.74. The molecule has 1 aliphatic carbocycles. The van der Waals surface area contributed by atoms with Gasteiger partial charge in [-0.05, 0) is 56.8 Å². The van der Waals surface area contributed by atoms with Crippen molar-refractivity contribution in [2.75, 3.05) is 27.4 Å². The number of methoxy groups -OCH3 is 2. The zero-order valence-electron chi connectivity index (χ0n) is 22.7. The monoisotopic (exact) mass is 484 g/mol. The molecular weight excluding hydrogens is 440 g/mol. The number of esters is 4. The Bertz CT molecular complexity index is 762. The molecule has 0 bridgehead atoms. The highest BCUT2D eigenvalue weighted by atomic mass is 16.6. The van der Waals surface area contributed by atoms with Gasteiger partial charge in [0.25, 0.3) is 0 Å². The van der Waals surface area contributed by atoms with E-state index in [1.807, 2.05) is 41.5 Å². The average molecular weight is 485 g/mol. The average Bonchev–Trinajstić information content (AvgIpc) is 2.76. The SMILES string of the molecule is CCOC(=O)C1(CC(C)(C)C)CC(C(=O)OC)(C(=O)OC)CC(C(=O)OCC)(C(C)(C)CC)C1. The molecule has 0 heterocycles. The second-order valence-electron chi connectivity index (χ2n) is 11.4. The number of hydrogen-bond acceptors (Lipinski definition) is 8. The first kappa shape index (κ1) is 29.9. The van der Waals surface area contributed by atoms with Crippen LogP contribution in [0.15, 0.2) is 0 Å². The maximum Gasteiger partial charge on any atom is 0.323 e. The summed E-state index contributed by atoms with van der Waals surface area (Å²) in [5.41, 5.74) is -5.68. The number of carbonyl (C=O) groups excluding carboxylic acids is 4. The molecule has 1 aliphatic rings. The van der Waals surface area contributed by atoms with E-state index in [4.69, 9.17) is 18.9 Å². The molecule has 0 aromatic heterocycles. The zero-order chi connectivity index (χ0) is 26.6. The van der Waals surface area contributed by atoms with Crippen molar-refractivity contribution in [3.05, 3.63) is 0 Å². The fourth-order valence-electron chi connectivity index (χ4n) is 5.77. The van der Waals surface area contributed by atoms with Crippen LogP contribution in [0.5, 0.6) is 0 Å². The largest absolute Gasteiger partial charge is 0.468 e. The molecular formula is C26H44O8. The van der Waals surface area contributed by atoms with Gasteiger partial charge in [0.05, 0.1) is 38.3 Å². The molecule has 0 aliphatic heterocycles. The van der Waals surface area contributed by atoms with E-state index < -0.39 is 51.0 Å². The molecule has 2 unspecified atom stereocenters. The highest BCUT2D eigenvalue weighted by Crippen LogP contribution is 2.65. The lowest BCUT2D eigenvalue weighted by Gasteiger charge is -2.57. The van der Waals surface area contributed by atoms with Gasteiger partial charge in [-0.3, -0.25) is 19.2 Å². The van der Waals surface area contributed by atoms with Gasteiger partial charge in [-0.15, -0.1) is 0 Å². The summed E-state index contributed by atoms with van der Waals surface area (Å²) in [4.78, 5) is 54.3. The first-order valence-corrected chi connectivity index (χ1v) is 12.1. The minimum absolute atomic E-state index is 0.0888. The summed E-state index contributed by atoms with van der Waals surface area (Å²) < 4.78 is 21.3. The number of ether oxygens (including phenoxy) is 4. The third-order valence-electron chi connectivity index (χ3n) is 7.46. The van der Waals surface area contributed by atoms with Gasteiger partial charge in [0.15, 0.2) is 5.41 Å². The zero-order valence-corrected chi connectivity index (χ0v) is 22.7. The minimum Gasteiger partial charge on any atom is -0.468 e. The lowest BCUT2D eigenvalue weighted by atomic mass is 9.44. The van der Waals surface area contributed by atoms with Crippen molar-refractivity contribution in [2.45, 2.75) is 87.5 Å². The van der Waals surface area contributed by atoms with Crippen molar-refractivity contribution >= 4 is 23.9 Å². The van der Waals surface area contributed by atoms with Crippen LogP contribution in [0.4, 0.5) is 0 Å². The Kier molecular flexibility index (Phi) is 9.37. The number of carbonyl (C=O) groups is 4. The molecule has 1 fully saturated rings. The lowest BCUT2D eigenvalue weighted by Crippen LogP contribution is -2.63. The van der Waals surface area contributed by atoms with E-state index in [0.29, 0.717) is 6.42 Å². The van der Waals surface area contributed by atoms with E-state index in [0.717, 1.165) is 0 Å². The van der Waals surface area contributed by atoms with Gasteiger partial charge in [0.2, 0.25) is 0 Å². The van der Waals surface area contributed by atoms with Crippen LogP contribution >= 0.6 is 0 Å². The van der Waals surface area contributed by atoms with Gasteiger partial charge in [0.1, 0.15) is 0 Å². The second-order valence-corrected chi connectivity index (χ2v) is 11.4. The maximum atomic E-state index is 13.8. The summed E-state index contributed by atoms with van der Waals surface area (Å²) in [6.07, 6.45) is 0.570. The van der Waals surface area contributed by atoms with E-state index >= 15 is 0 Å². The minimum atomic E-state index is -1.88. The predicted octanol–water partition coefficient (Wildman–Crippen LogP) is 4.47. The fraction of sp³-hybridized carbons (Fsp3) is 0.846. The number of rotatable bonds is 9. The summed E-state index contributed by atoms with van der Waals surface area (Å²) in [7, 11) is 2.38. The summed E-state index contributed by atoms with van der Waals surface area (Å²) in [6, 6.07) is 0. The highest BCUT2D eigenvalue weighted by molar-refractivity contribution is 6.02. The highest BCUT2D eigenvalue weighted by Gasteiger charge is 2.70. The molecule has 0 radical (unpaired) electrons. The molecule has 1 rings (SSSR count). The van der Waals surface area contributed by atoms with Gasteiger partial charge in [-0.25, -0.2) is 0 Å². The van der Waals surface area contributed by atoms with Crippen LogP contribution < -0.4 is 0 Å². The van der Waals surface area contributed by atoms with Gasteiger partial charge in [-0.2, -0.15) is 0 Å². The Hall–Kier alpha value is -2.12. The maximum absolute atomic E-state index is 13.8. The van der Waals surface area contributed by atoms with Crippen LogP contribution in [-0.2, 0) is 38.1 Å². The first-order chi connectivity index (χ1) is 15.6. The van der Waals surface area contributed by atoms with Crippen LogP contribution in [0.3, 0.4) is 0 Å². The first-order valence-electron chi connectivity index (χ1n) is 12.1. The van der Waals surface area contributed by atoms with Gasteiger partial charge >= 0.3 is 23.9 Å². The Morgan fingerprint density at radius 1 is 0.706 bits per heavy atom. The van der Waals surface area contributed by atoms with Crippen molar-refractivity contribution in [2.24, 2.45) is 27.1 Å². The van der Waals surface area contributed by atoms with E-state index in [2.05, 4.69) is 0 Å². The van der Waals surface area contributed by atoms with Crippen LogP contribution in [0.25, 0.3) is 0 Å². The molecule has 0 amide bonds. The smallest absolute Gasteiger partial charge is 0.323 e. The number of hydrogen-bond donors (Lipinski definition) is 0. The summed E-state index contributed by atoms with van der Waals surface area (Å²) >= 11 is 0. The van der Waals surface area contributed by atoms with Crippen molar-refractivity contribution in [3.8, 4) is 0 Å². The Morgan fingerprint density at radius 3 is 1.56 bits per heavy atom. The van der Waals surface area contributed by atoms with E-state index in [1.54, 1.807) is 13.8 Å². The normalized spacial score (nSPS) is 24.6. The van der Waals surface area contributed by atoms with Gasteiger partial charge < -0.3 is 18.9 Å². The van der Waals surface area contributed by atoms with Crippen LogP contribution in [0, 0.1) is 27.1 Å². The second kappa shape index (κ2) is 10.6. The molecule has 34 heavy (non-hydrogen) atoms. The van der Waals surface area contributed by atoms with Crippen LogP contribution in [-0.4, -0.2) is 51.3 Å². The predicted molar refractivity (Wildman–Crippen MR) is 127 cm³/mol. The third kappa shape index (κ3) is 5.41. The fourth-order valence-corrected chi connectivity index (χ4v) is 5.77. The van der Waals surface area contributed by atoms with Crippen molar-refractivity contribution < 1.29 is 38.1 Å². The Morgan fingerprint density at radius 2 is 1.18 bits per heavy atom. The van der Waals surface area contributed by atoms with Crippen molar-refractivity contribution in [1.82, 2.24) is 0 Å². The lowest BCUT2D eigenvalue weighted by molar-refractivity contribution is -0.205. The molecule has 0 spiro atoms. The molecule has 8 nitrogen and oxygen atoms in total. The molecule has 2 atom stereocenters. The molecule has 1 saturated carbocycles.